The highest BCUT2D eigenvalue weighted by Crippen LogP contribution is 2.23. The molecule has 0 radical (unpaired) electrons. The molecule has 36 heavy (non-hydrogen) atoms. The summed E-state index contributed by atoms with van der Waals surface area (Å²) in [5.41, 5.74) is 0.413. The maximum atomic E-state index is 13.6. The van der Waals surface area contributed by atoms with Crippen molar-refractivity contribution in [1.29, 1.82) is 0 Å². The normalized spacial score (nSPS) is 13.4. The van der Waals surface area contributed by atoms with Crippen LogP contribution in [-0.4, -0.2) is 60.6 Å². The van der Waals surface area contributed by atoms with Crippen LogP contribution in [0.2, 0.25) is 0 Å². The molecule has 0 spiro atoms. The fourth-order valence-electron chi connectivity index (χ4n) is 3.39. The zero-order chi connectivity index (χ0) is 27.5. The van der Waals surface area contributed by atoms with Gasteiger partial charge in [0.1, 0.15) is 17.7 Å². The minimum atomic E-state index is -1.03. The Morgan fingerprint density at radius 1 is 1.11 bits per heavy atom. The Bertz CT molecular complexity index is 946. The van der Waals surface area contributed by atoms with Crippen LogP contribution in [0.5, 0.6) is 0 Å². The first kappa shape index (κ1) is 30.5. The molecule has 198 valence electrons. The molecule has 0 aliphatic heterocycles. The molecule has 0 saturated heterocycles. The largest absolute Gasteiger partial charge is 0.466 e. The maximum absolute atomic E-state index is 13.6. The van der Waals surface area contributed by atoms with E-state index < -0.39 is 41.6 Å². The number of hydrogen-bond acceptors (Lipinski definition) is 6. The molecule has 1 aromatic rings. The number of amides is 3. The Balaban J connectivity index is 3.23. The van der Waals surface area contributed by atoms with E-state index in [9.17, 15) is 19.2 Å². The van der Waals surface area contributed by atoms with Gasteiger partial charge in [0.25, 0.3) is 0 Å². The minimum absolute atomic E-state index is 0.00428. The number of nitrogens with one attached hydrogen (secondary N) is 2. The second-order valence-corrected chi connectivity index (χ2v) is 9.47. The molecule has 1 aromatic carbocycles. The highest BCUT2D eigenvalue weighted by molar-refractivity contribution is 5.92. The molecule has 0 fully saturated rings. The summed E-state index contributed by atoms with van der Waals surface area (Å²) in [5, 5.41) is 5.37. The molecule has 9 nitrogen and oxygen atoms in total. The van der Waals surface area contributed by atoms with E-state index in [4.69, 9.17) is 15.9 Å². The van der Waals surface area contributed by atoms with Gasteiger partial charge in [-0.05, 0) is 51.3 Å². The van der Waals surface area contributed by atoms with Crippen LogP contribution in [0.25, 0.3) is 0 Å². The minimum Gasteiger partial charge on any atom is -0.466 e. The monoisotopic (exact) mass is 501 g/mol. The van der Waals surface area contributed by atoms with Crippen LogP contribution in [0, 0.1) is 18.3 Å². The summed E-state index contributed by atoms with van der Waals surface area (Å²) in [4.78, 5) is 52.3. The molecule has 9 heteroatoms. The molecule has 0 aliphatic rings. The molecule has 0 aliphatic carbocycles. The Kier molecular flexibility index (Phi) is 12.0. The van der Waals surface area contributed by atoms with Gasteiger partial charge in [0, 0.05) is 19.2 Å². The van der Waals surface area contributed by atoms with Crippen molar-refractivity contribution in [2.75, 3.05) is 20.2 Å². The van der Waals surface area contributed by atoms with E-state index in [0.29, 0.717) is 17.5 Å². The van der Waals surface area contributed by atoms with Crippen molar-refractivity contribution >= 4 is 23.9 Å². The summed E-state index contributed by atoms with van der Waals surface area (Å²) < 4.78 is 10.2. The zero-order valence-electron chi connectivity index (χ0n) is 22.3. The Hall–Kier alpha value is -3.54. The third-order valence-electron chi connectivity index (χ3n) is 5.46. The first-order chi connectivity index (χ1) is 16.8. The molecular formula is C27H39N3O6. The molecule has 3 atom stereocenters. The van der Waals surface area contributed by atoms with Crippen molar-refractivity contribution in [3.8, 4) is 12.3 Å². The van der Waals surface area contributed by atoms with Crippen LogP contribution in [0.15, 0.2) is 24.3 Å². The number of rotatable bonds is 11. The van der Waals surface area contributed by atoms with Crippen molar-refractivity contribution in [2.24, 2.45) is 5.92 Å². The number of carbonyl (C=O) groups is 4. The molecule has 2 N–H and O–H groups in total. The zero-order valence-corrected chi connectivity index (χ0v) is 22.3. The van der Waals surface area contributed by atoms with Gasteiger partial charge in [-0.3, -0.25) is 14.4 Å². The summed E-state index contributed by atoms with van der Waals surface area (Å²) in [6, 6.07) is 4.76. The first-order valence-corrected chi connectivity index (χ1v) is 12.1. The number of hydrogen-bond donors (Lipinski definition) is 2. The van der Waals surface area contributed by atoms with Gasteiger partial charge in [0.05, 0.1) is 13.0 Å². The summed E-state index contributed by atoms with van der Waals surface area (Å²) in [6.07, 6.45) is 5.33. The standard InChI is InChI=1S/C27H39N3O6/c1-9-18(4)22(29-26(34)36-27(5,6)7)25(33)30(8)23(20-14-12-19(10-2)13-15-20)24(32)28-17-16-21(31)35-11-3/h2,12-15,18,22-23H,9,11,16-17H2,1,3-8H3,(H,28,32)(H,29,34). The highest BCUT2D eigenvalue weighted by Gasteiger charge is 2.36. The Morgan fingerprint density at radius 3 is 2.22 bits per heavy atom. The Morgan fingerprint density at radius 2 is 1.72 bits per heavy atom. The number of nitrogens with zero attached hydrogens (tertiary/aromatic N) is 1. The predicted molar refractivity (Wildman–Crippen MR) is 137 cm³/mol. The number of alkyl carbamates (subject to hydrolysis) is 1. The van der Waals surface area contributed by atoms with Crippen LogP contribution in [0.3, 0.4) is 0 Å². The fraction of sp³-hybridized carbons (Fsp3) is 0.556. The van der Waals surface area contributed by atoms with Gasteiger partial charge in [0.15, 0.2) is 0 Å². The van der Waals surface area contributed by atoms with Gasteiger partial charge in [-0.1, -0.05) is 38.3 Å². The maximum Gasteiger partial charge on any atom is 0.408 e. The summed E-state index contributed by atoms with van der Waals surface area (Å²) in [6.45, 7) is 10.9. The second kappa shape index (κ2) is 14.1. The number of likely N-dealkylation sites (N-methyl/N-ethyl adjacent to an activating group) is 1. The molecule has 0 bridgehead atoms. The molecule has 0 aromatic heterocycles. The number of esters is 1. The van der Waals surface area contributed by atoms with Crippen molar-refractivity contribution < 1.29 is 28.7 Å². The van der Waals surface area contributed by atoms with Gasteiger partial charge >= 0.3 is 12.1 Å². The number of terminal acetylenes is 1. The lowest BCUT2D eigenvalue weighted by atomic mass is 9.96. The van der Waals surface area contributed by atoms with Crippen LogP contribution in [0.1, 0.15) is 71.6 Å². The van der Waals surface area contributed by atoms with Gasteiger partial charge in [-0.15, -0.1) is 6.42 Å². The lowest BCUT2D eigenvalue weighted by Crippen LogP contribution is -2.54. The second-order valence-electron chi connectivity index (χ2n) is 9.47. The van der Waals surface area contributed by atoms with Gasteiger partial charge < -0.3 is 25.0 Å². The number of carbonyl (C=O) groups excluding carboxylic acids is 4. The van der Waals surface area contributed by atoms with Crippen molar-refractivity contribution in [1.82, 2.24) is 15.5 Å². The molecule has 3 amide bonds. The Labute approximate surface area is 214 Å². The van der Waals surface area contributed by atoms with Crippen molar-refractivity contribution in [3.05, 3.63) is 35.4 Å². The van der Waals surface area contributed by atoms with E-state index >= 15 is 0 Å². The average Bonchev–Trinajstić information content (AvgIpc) is 2.81. The van der Waals surface area contributed by atoms with Crippen LogP contribution >= 0.6 is 0 Å². The summed E-state index contributed by atoms with van der Waals surface area (Å²) >= 11 is 0. The van der Waals surface area contributed by atoms with E-state index in [1.165, 1.54) is 11.9 Å². The predicted octanol–water partition coefficient (Wildman–Crippen LogP) is 3.18. The molecular weight excluding hydrogens is 462 g/mol. The topological polar surface area (TPSA) is 114 Å². The quantitative estimate of drug-likeness (QED) is 0.356. The van der Waals surface area contributed by atoms with Gasteiger partial charge in [-0.2, -0.15) is 0 Å². The van der Waals surface area contributed by atoms with E-state index in [0.717, 1.165) is 0 Å². The molecule has 0 heterocycles. The highest BCUT2D eigenvalue weighted by atomic mass is 16.6. The van der Waals surface area contributed by atoms with Crippen molar-refractivity contribution in [3.63, 3.8) is 0 Å². The number of ether oxygens (including phenoxy) is 2. The van der Waals surface area contributed by atoms with Crippen LogP contribution in [-0.2, 0) is 23.9 Å². The van der Waals surface area contributed by atoms with Gasteiger partial charge in [-0.25, -0.2) is 4.79 Å². The van der Waals surface area contributed by atoms with Crippen LogP contribution in [0.4, 0.5) is 4.79 Å². The first-order valence-electron chi connectivity index (χ1n) is 12.1. The third-order valence-corrected chi connectivity index (χ3v) is 5.46. The number of benzene rings is 1. The van der Waals surface area contributed by atoms with Gasteiger partial charge in [0.2, 0.25) is 11.8 Å². The van der Waals surface area contributed by atoms with Crippen LogP contribution < -0.4 is 10.6 Å². The van der Waals surface area contributed by atoms with E-state index in [2.05, 4.69) is 16.6 Å². The summed E-state index contributed by atoms with van der Waals surface area (Å²) in [7, 11) is 1.50. The lowest BCUT2D eigenvalue weighted by molar-refractivity contribution is -0.144. The van der Waals surface area contributed by atoms with E-state index in [1.54, 1.807) is 52.0 Å². The smallest absolute Gasteiger partial charge is 0.408 e. The molecule has 0 saturated carbocycles. The van der Waals surface area contributed by atoms with E-state index in [-0.39, 0.29) is 25.5 Å². The third kappa shape index (κ3) is 9.61. The fourth-order valence-corrected chi connectivity index (χ4v) is 3.39. The SMILES string of the molecule is C#Cc1ccc(C(C(=O)NCCC(=O)OCC)N(C)C(=O)C(NC(=O)OC(C)(C)C)C(C)CC)cc1. The molecule has 3 unspecified atom stereocenters. The molecule has 1 rings (SSSR count). The van der Waals surface area contributed by atoms with Crippen molar-refractivity contribution in [2.45, 2.75) is 72.1 Å². The summed E-state index contributed by atoms with van der Waals surface area (Å²) in [5.74, 6) is 0.913. The van der Waals surface area contributed by atoms with E-state index in [1.807, 2.05) is 13.8 Å². The lowest BCUT2D eigenvalue weighted by Gasteiger charge is -2.33. The average molecular weight is 502 g/mol.